The van der Waals surface area contributed by atoms with Gasteiger partial charge in [0.05, 0.1) is 25.1 Å². The average molecular weight is 365 g/mol. The smallest absolute Gasteiger partial charge is 0.250 e. The molecule has 2 aromatic rings. The molecule has 1 aliphatic heterocycles. The summed E-state index contributed by atoms with van der Waals surface area (Å²) in [5.74, 6) is 0.265. The van der Waals surface area contributed by atoms with Crippen molar-refractivity contribution >= 4 is 17.3 Å². The number of hydrogen-bond donors (Lipinski definition) is 1. The van der Waals surface area contributed by atoms with E-state index in [4.69, 9.17) is 9.47 Å². The number of anilines is 2. The number of nitriles is 1. The number of benzene rings is 2. The Bertz CT molecular complexity index is 858. The largest absolute Gasteiger partial charge is 0.497 e. The van der Waals surface area contributed by atoms with Gasteiger partial charge >= 0.3 is 0 Å². The molecule has 0 aliphatic carbocycles. The van der Waals surface area contributed by atoms with E-state index in [9.17, 15) is 10.1 Å². The van der Waals surface area contributed by atoms with Crippen LogP contribution >= 0.6 is 0 Å². The number of hydrogen-bond acceptors (Lipinski definition) is 5. The average Bonchev–Trinajstić information content (AvgIpc) is 3.01. The van der Waals surface area contributed by atoms with Crippen LogP contribution in [0.25, 0.3) is 0 Å². The molecule has 0 spiro atoms. The van der Waals surface area contributed by atoms with E-state index >= 15 is 0 Å². The number of methoxy groups -OCH3 is 2. The van der Waals surface area contributed by atoms with Crippen LogP contribution in [0.4, 0.5) is 11.4 Å². The summed E-state index contributed by atoms with van der Waals surface area (Å²) in [5, 5.41) is 12.6. The number of carbonyl (C=O) groups excluding carboxylic acids is 1. The lowest BCUT2D eigenvalue weighted by Crippen LogP contribution is -2.26. The molecule has 6 nitrogen and oxygen atoms in total. The first-order valence-corrected chi connectivity index (χ1v) is 8.85. The van der Waals surface area contributed by atoms with Crippen LogP contribution in [0.1, 0.15) is 30.0 Å². The van der Waals surface area contributed by atoms with E-state index in [0.717, 1.165) is 29.1 Å². The highest BCUT2D eigenvalue weighted by Crippen LogP contribution is 2.49. The van der Waals surface area contributed by atoms with Crippen molar-refractivity contribution in [1.82, 2.24) is 0 Å². The van der Waals surface area contributed by atoms with Gasteiger partial charge in [0.15, 0.2) is 0 Å². The summed E-state index contributed by atoms with van der Waals surface area (Å²) in [5.41, 5.74) is 3.78. The Hall–Kier alpha value is -3.04. The second-order valence-corrected chi connectivity index (χ2v) is 6.37. The Balaban J connectivity index is 1.91. The van der Waals surface area contributed by atoms with Crippen LogP contribution in [0.2, 0.25) is 0 Å². The Morgan fingerprint density at radius 2 is 1.96 bits per heavy atom. The third-order valence-corrected chi connectivity index (χ3v) is 4.82. The molecule has 2 unspecified atom stereocenters. The zero-order valence-corrected chi connectivity index (χ0v) is 15.7. The zero-order chi connectivity index (χ0) is 19.4. The fourth-order valence-corrected chi connectivity index (χ4v) is 3.64. The van der Waals surface area contributed by atoms with Gasteiger partial charge in [0, 0.05) is 25.0 Å². The molecule has 27 heavy (non-hydrogen) atoms. The van der Waals surface area contributed by atoms with Crippen molar-refractivity contribution in [3.63, 3.8) is 0 Å². The molecule has 2 aromatic carbocycles. The Morgan fingerprint density at radius 3 is 2.56 bits per heavy atom. The molecule has 0 fully saturated rings. The van der Waals surface area contributed by atoms with Gasteiger partial charge in [-0.2, -0.15) is 5.26 Å². The van der Waals surface area contributed by atoms with E-state index < -0.39 is 0 Å². The molecule has 0 aromatic heterocycles. The van der Waals surface area contributed by atoms with Gasteiger partial charge in [-0.15, -0.1) is 0 Å². The van der Waals surface area contributed by atoms with Crippen LogP contribution in [0, 0.1) is 11.3 Å². The van der Waals surface area contributed by atoms with Crippen LogP contribution < -0.4 is 15.0 Å². The summed E-state index contributed by atoms with van der Waals surface area (Å²) in [7, 11) is 3.11. The predicted molar refractivity (Wildman–Crippen MR) is 104 cm³/mol. The molecule has 1 N–H and O–H groups in total. The zero-order valence-electron chi connectivity index (χ0n) is 15.7. The minimum Gasteiger partial charge on any atom is -0.497 e. The fraction of sp³-hybridized carbons (Fsp3) is 0.333. The Labute approximate surface area is 159 Å². The number of carbonyl (C=O) groups is 1. The monoisotopic (exact) mass is 365 g/mol. The third kappa shape index (κ3) is 3.60. The van der Waals surface area contributed by atoms with Crippen molar-refractivity contribution in [2.24, 2.45) is 0 Å². The van der Waals surface area contributed by atoms with Gasteiger partial charge in [-0.1, -0.05) is 12.1 Å². The number of nitrogens with zero attached hydrogens (tertiary/aromatic N) is 2. The first kappa shape index (κ1) is 18.7. The van der Waals surface area contributed by atoms with Gasteiger partial charge in [0.2, 0.25) is 5.91 Å². The molecule has 2 atom stereocenters. The summed E-state index contributed by atoms with van der Waals surface area (Å²) in [6.45, 7) is 2.89. The standard InChI is InChI=1S/C21H23N3O3/c1-4-24-19-10-9-16(27-3)11-17(19)18(12-22)21(24)14-5-7-15(8-6-14)23-20(25)13-26-2/h5-11,18,21H,4,13H2,1-3H3,(H,23,25). The lowest BCUT2D eigenvalue weighted by molar-refractivity contribution is -0.119. The summed E-state index contributed by atoms with van der Waals surface area (Å²) < 4.78 is 10.2. The molecule has 0 radical (unpaired) electrons. The number of fused-ring (bicyclic) bond motifs is 1. The summed E-state index contributed by atoms with van der Waals surface area (Å²) in [4.78, 5) is 13.9. The van der Waals surface area contributed by atoms with Crippen molar-refractivity contribution in [2.75, 3.05) is 37.6 Å². The number of likely N-dealkylation sites (N-methyl/N-ethyl adjacent to an activating group) is 1. The van der Waals surface area contributed by atoms with Gasteiger partial charge in [-0.3, -0.25) is 4.79 Å². The van der Waals surface area contributed by atoms with E-state index in [2.05, 4.69) is 23.2 Å². The van der Waals surface area contributed by atoms with Crippen LogP contribution in [0.15, 0.2) is 42.5 Å². The van der Waals surface area contributed by atoms with Crippen LogP contribution in [0.5, 0.6) is 5.75 Å². The molecular weight excluding hydrogens is 342 g/mol. The number of rotatable bonds is 6. The molecule has 0 bridgehead atoms. The van der Waals surface area contributed by atoms with Gasteiger partial charge in [0.1, 0.15) is 12.4 Å². The van der Waals surface area contributed by atoms with Crippen LogP contribution in [-0.2, 0) is 9.53 Å². The number of amides is 1. The van der Waals surface area contributed by atoms with Crippen molar-refractivity contribution in [3.05, 3.63) is 53.6 Å². The third-order valence-electron chi connectivity index (χ3n) is 4.82. The van der Waals surface area contributed by atoms with Crippen molar-refractivity contribution in [2.45, 2.75) is 18.9 Å². The van der Waals surface area contributed by atoms with Gasteiger partial charge < -0.3 is 19.7 Å². The predicted octanol–water partition coefficient (Wildman–Crippen LogP) is 3.47. The summed E-state index contributed by atoms with van der Waals surface area (Å²) in [6.07, 6.45) is 0. The van der Waals surface area contributed by atoms with E-state index in [1.54, 1.807) is 7.11 Å². The molecule has 1 amide bonds. The highest BCUT2D eigenvalue weighted by atomic mass is 16.5. The topological polar surface area (TPSA) is 74.6 Å². The molecule has 6 heteroatoms. The molecule has 0 saturated heterocycles. The minimum atomic E-state index is -0.288. The van der Waals surface area contributed by atoms with Crippen molar-refractivity contribution in [1.29, 1.82) is 5.26 Å². The molecular formula is C21H23N3O3. The molecule has 3 rings (SSSR count). The molecule has 140 valence electrons. The first-order chi connectivity index (χ1) is 13.1. The Morgan fingerprint density at radius 1 is 1.22 bits per heavy atom. The molecule has 0 saturated carbocycles. The number of nitrogens with one attached hydrogen (secondary N) is 1. The second kappa shape index (κ2) is 8.11. The van der Waals surface area contributed by atoms with Crippen molar-refractivity contribution in [3.8, 4) is 11.8 Å². The van der Waals surface area contributed by atoms with E-state index in [1.807, 2.05) is 42.5 Å². The normalized spacial score (nSPS) is 17.9. The van der Waals surface area contributed by atoms with Gasteiger partial charge in [-0.25, -0.2) is 0 Å². The SMILES string of the molecule is CCN1c2ccc(OC)cc2C(C#N)C1c1ccc(NC(=O)COC)cc1. The maximum Gasteiger partial charge on any atom is 0.250 e. The van der Waals surface area contributed by atoms with Gasteiger partial charge in [-0.05, 0) is 48.4 Å². The van der Waals surface area contributed by atoms with Crippen molar-refractivity contribution < 1.29 is 14.3 Å². The lowest BCUT2D eigenvalue weighted by atomic mass is 9.91. The quantitative estimate of drug-likeness (QED) is 0.848. The highest BCUT2D eigenvalue weighted by molar-refractivity contribution is 5.91. The van der Waals surface area contributed by atoms with E-state index in [1.165, 1.54) is 7.11 Å². The highest BCUT2D eigenvalue weighted by Gasteiger charge is 2.39. The van der Waals surface area contributed by atoms with Crippen LogP contribution in [-0.4, -0.2) is 33.3 Å². The second-order valence-electron chi connectivity index (χ2n) is 6.37. The molecule has 1 heterocycles. The first-order valence-electron chi connectivity index (χ1n) is 8.85. The minimum absolute atomic E-state index is 0.0155. The number of ether oxygens (including phenoxy) is 2. The maximum atomic E-state index is 11.7. The lowest BCUT2D eigenvalue weighted by Gasteiger charge is -2.28. The molecule has 1 aliphatic rings. The Kier molecular flexibility index (Phi) is 5.63. The van der Waals surface area contributed by atoms with Crippen LogP contribution in [0.3, 0.4) is 0 Å². The maximum absolute atomic E-state index is 11.7. The van der Waals surface area contributed by atoms with Gasteiger partial charge in [0.25, 0.3) is 0 Å². The van der Waals surface area contributed by atoms with E-state index in [0.29, 0.717) is 5.69 Å². The fourth-order valence-electron chi connectivity index (χ4n) is 3.64. The summed E-state index contributed by atoms with van der Waals surface area (Å²) >= 11 is 0. The van der Waals surface area contributed by atoms with E-state index in [-0.39, 0.29) is 24.5 Å². The summed E-state index contributed by atoms with van der Waals surface area (Å²) in [6, 6.07) is 15.9.